The van der Waals surface area contributed by atoms with Crippen molar-refractivity contribution in [1.82, 2.24) is 14.7 Å². The molecule has 2 aromatic carbocycles. The van der Waals surface area contributed by atoms with Gasteiger partial charge in [0, 0.05) is 24.7 Å². The average Bonchev–Trinajstić information content (AvgIpc) is 2.69. The highest BCUT2D eigenvalue weighted by Gasteiger charge is 2.17. The van der Waals surface area contributed by atoms with Gasteiger partial charge in [-0.25, -0.2) is 4.68 Å². The summed E-state index contributed by atoms with van der Waals surface area (Å²) in [5.41, 5.74) is 4.24. The van der Waals surface area contributed by atoms with Crippen LogP contribution in [0.4, 0.5) is 0 Å². The maximum atomic E-state index is 12.3. The summed E-state index contributed by atoms with van der Waals surface area (Å²) in [6.45, 7) is 2.24. The number of hydrogen-bond acceptors (Lipinski definition) is 4. The van der Waals surface area contributed by atoms with Crippen LogP contribution in [0.1, 0.15) is 11.1 Å². The van der Waals surface area contributed by atoms with Crippen LogP contribution in [0.3, 0.4) is 0 Å². The molecule has 5 heteroatoms. The molecule has 4 rings (SSSR count). The zero-order valence-corrected chi connectivity index (χ0v) is 14.8. The highest BCUT2D eigenvalue weighted by molar-refractivity contribution is 5.66. The van der Waals surface area contributed by atoms with Gasteiger partial charge in [-0.05, 0) is 35.7 Å². The van der Waals surface area contributed by atoms with Gasteiger partial charge in [-0.15, -0.1) is 0 Å². The van der Waals surface area contributed by atoms with E-state index in [0.29, 0.717) is 6.67 Å². The second-order valence-corrected chi connectivity index (χ2v) is 6.47. The zero-order chi connectivity index (χ0) is 17.9. The Labute approximate surface area is 152 Å². The normalized spacial score (nSPS) is 14.0. The van der Waals surface area contributed by atoms with E-state index in [1.54, 1.807) is 19.2 Å². The monoisotopic (exact) mass is 347 g/mol. The van der Waals surface area contributed by atoms with Crippen LogP contribution in [-0.4, -0.2) is 28.3 Å². The van der Waals surface area contributed by atoms with E-state index >= 15 is 0 Å². The lowest BCUT2D eigenvalue weighted by Crippen LogP contribution is -2.37. The van der Waals surface area contributed by atoms with Gasteiger partial charge in [0.05, 0.1) is 19.5 Å². The van der Waals surface area contributed by atoms with Gasteiger partial charge < -0.3 is 4.74 Å². The van der Waals surface area contributed by atoms with Gasteiger partial charge in [-0.2, -0.15) is 5.10 Å². The molecular formula is C21H21N3O2. The summed E-state index contributed by atoms with van der Waals surface area (Å²) in [6, 6.07) is 19.5. The molecule has 2 heterocycles. The van der Waals surface area contributed by atoms with Gasteiger partial charge in [-0.1, -0.05) is 36.4 Å². The van der Waals surface area contributed by atoms with Gasteiger partial charge in [-0.3, -0.25) is 9.69 Å². The van der Waals surface area contributed by atoms with Crippen molar-refractivity contribution in [3.63, 3.8) is 0 Å². The van der Waals surface area contributed by atoms with Crippen molar-refractivity contribution in [2.75, 3.05) is 13.7 Å². The molecule has 0 radical (unpaired) electrons. The van der Waals surface area contributed by atoms with Gasteiger partial charge >= 0.3 is 0 Å². The van der Waals surface area contributed by atoms with Crippen molar-refractivity contribution >= 4 is 0 Å². The smallest absolute Gasteiger partial charge is 0.268 e. The van der Waals surface area contributed by atoms with E-state index in [4.69, 9.17) is 4.74 Å². The third-order valence-corrected chi connectivity index (χ3v) is 4.79. The molecule has 0 fully saturated rings. The van der Waals surface area contributed by atoms with Crippen molar-refractivity contribution in [3.05, 3.63) is 82.1 Å². The summed E-state index contributed by atoms with van der Waals surface area (Å²) in [4.78, 5) is 14.6. The Hall–Kier alpha value is -2.92. The minimum atomic E-state index is -0.0949. The van der Waals surface area contributed by atoms with Crippen LogP contribution in [0.5, 0.6) is 5.75 Å². The third kappa shape index (κ3) is 3.26. The number of fused-ring (bicyclic) bond motifs is 1. The van der Waals surface area contributed by atoms with Crippen LogP contribution >= 0.6 is 0 Å². The number of benzene rings is 2. The van der Waals surface area contributed by atoms with E-state index in [2.05, 4.69) is 34.3 Å². The van der Waals surface area contributed by atoms with E-state index in [1.165, 1.54) is 15.8 Å². The van der Waals surface area contributed by atoms with Crippen molar-refractivity contribution in [2.45, 2.75) is 19.6 Å². The molecule has 0 bridgehead atoms. The minimum absolute atomic E-state index is 0.0949. The first-order chi connectivity index (χ1) is 12.7. The number of aromatic nitrogens is 2. The summed E-state index contributed by atoms with van der Waals surface area (Å²) < 4.78 is 6.96. The molecule has 26 heavy (non-hydrogen) atoms. The van der Waals surface area contributed by atoms with E-state index in [9.17, 15) is 4.79 Å². The first-order valence-electron chi connectivity index (χ1n) is 8.75. The third-order valence-electron chi connectivity index (χ3n) is 4.79. The standard InChI is InChI=1S/C21H21N3O2/c1-26-20-9-5-4-8-18(20)19-10-11-21(25)24(22-19)15-23-13-12-16-6-2-3-7-17(16)14-23/h2-11H,12-15H2,1H3. The molecule has 0 spiro atoms. The molecular weight excluding hydrogens is 326 g/mol. The topological polar surface area (TPSA) is 47.4 Å². The fourth-order valence-corrected chi connectivity index (χ4v) is 3.41. The summed E-state index contributed by atoms with van der Waals surface area (Å²) in [5, 5.41) is 4.58. The van der Waals surface area contributed by atoms with Crippen LogP contribution in [-0.2, 0) is 19.6 Å². The molecule has 0 amide bonds. The van der Waals surface area contributed by atoms with Crippen LogP contribution in [0.15, 0.2) is 65.5 Å². The number of hydrogen-bond donors (Lipinski definition) is 0. The first kappa shape index (κ1) is 16.5. The fourth-order valence-electron chi connectivity index (χ4n) is 3.41. The summed E-state index contributed by atoms with van der Waals surface area (Å²) in [5.74, 6) is 0.747. The maximum absolute atomic E-state index is 12.3. The highest BCUT2D eigenvalue weighted by Crippen LogP contribution is 2.27. The van der Waals surface area contributed by atoms with E-state index in [0.717, 1.165) is 36.5 Å². The van der Waals surface area contributed by atoms with E-state index in [-0.39, 0.29) is 5.56 Å². The predicted molar refractivity (Wildman–Crippen MR) is 101 cm³/mol. The Bertz CT molecular complexity index is 981. The lowest BCUT2D eigenvalue weighted by atomic mass is 10.0. The van der Waals surface area contributed by atoms with E-state index in [1.807, 2.05) is 24.3 Å². The fraction of sp³-hybridized carbons (Fsp3) is 0.238. The molecule has 3 aromatic rings. The molecule has 132 valence electrons. The molecule has 5 nitrogen and oxygen atoms in total. The lowest BCUT2D eigenvalue weighted by molar-refractivity contribution is 0.185. The van der Waals surface area contributed by atoms with Crippen LogP contribution in [0.2, 0.25) is 0 Å². The average molecular weight is 347 g/mol. The number of para-hydroxylation sites is 1. The molecule has 0 aliphatic carbocycles. The highest BCUT2D eigenvalue weighted by atomic mass is 16.5. The van der Waals surface area contributed by atoms with Crippen molar-refractivity contribution < 1.29 is 4.74 Å². The molecule has 0 saturated heterocycles. The zero-order valence-electron chi connectivity index (χ0n) is 14.8. The summed E-state index contributed by atoms with van der Waals surface area (Å²) >= 11 is 0. The predicted octanol–water partition coefficient (Wildman–Crippen LogP) is 2.93. The van der Waals surface area contributed by atoms with Gasteiger partial charge in [0.15, 0.2) is 0 Å². The Morgan fingerprint density at radius 2 is 1.77 bits per heavy atom. The van der Waals surface area contributed by atoms with Crippen LogP contribution in [0, 0.1) is 0 Å². The van der Waals surface area contributed by atoms with E-state index < -0.39 is 0 Å². The first-order valence-corrected chi connectivity index (χ1v) is 8.75. The van der Waals surface area contributed by atoms with Crippen molar-refractivity contribution in [1.29, 1.82) is 0 Å². The maximum Gasteiger partial charge on any atom is 0.268 e. The largest absolute Gasteiger partial charge is 0.496 e. The van der Waals surface area contributed by atoms with Crippen LogP contribution < -0.4 is 10.3 Å². The molecule has 0 N–H and O–H groups in total. The molecule has 1 aliphatic heterocycles. The summed E-state index contributed by atoms with van der Waals surface area (Å²) in [7, 11) is 1.64. The summed E-state index contributed by atoms with van der Waals surface area (Å²) in [6.07, 6.45) is 0.997. The second-order valence-electron chi connectivity index (χ2n) is 6.47. The van der Waals surface area contributed by atoms with Gasteiger partial charge in [0.2, 0.25) is 0 Å². The van der Waals surface area contributed by atoms with Crippen molar-refractivity contribution in [2.24, 2.45) is 0 Å². The van der Waals surface area contributed by atoms with Gasteiger partial charge in [0.25, 0.3) is 5.56 Å². The molecule has 1 aliphatic rings. The number of rotatable bonds is 4. The Morgan fingerprint density at radius 3 is 2.62 bits per heavy atom. The lowest BCUT2D eigenvalue weighted by Gasteiger charge is -2.28. The molecule has 0 atom stereocenters. The quantitative estimate of drug-likeness (QED) is 0.728. The number of methoxy groups -OCH3 is 1. The Kier molecular flexibility index (Phi) is 4.54. The molecule has 1 aromatic heterocycles. The Morgan fingerprint density at radius 1 is 1.00 bits per heavy atom. The van der Waals surface area contributed by atoms with Crippen molar-refractivity contribution in [3.8, 4) is 17.0 Å². The van der Waals surface area contributed by atoms with Gasteiger partial charge in [0.1, 0.15) is 5.75 Å². The SMILES string of the molecule is COc1ccccc1-c1ccc(=O)n(CN2CCc3ccccc3C2)n1. The molecule has 0 unspecified atom stereocenters. The number of nitrogens with zero attached hydrogens (tertiary/aromatic N) is 3. The minimum Gasteiger partial charge on any atom is -0.496 e. The number of ether oxygens (including phenoxy) is 1. The Balaban J connectivity index is 1.61. The second kappa shape index (κ2) is 7.14. The van der Waals surface area contributed by atoms with Crippen LogP contribution in [0.25, 0.3) is 11.3 Å². The molecule has 0 saturated carbocycles.